The van der Waals surface area contributed by atoms with Crippen molar-refractivity contribution in [2.75, 3.05) is 19.6 Å². The van der Waals surface area contributed by atoms with Crippen molar-refractivity contribution in [1.82, 2.24) is 14.8 Å². The fraction of sp³-hybridized carbons (Fsp3) is 0.455. The molecule has 3 rings (SSSR count). The Hall–Kier alpha value is -2.40. The Bertz CT molecular complexity index is 715. The summed E-state index contributed by atoms with van der Waals surface area (Å²) in [5.74, 6) is 1.37. The van der Waals surface area contributed by atoms with Gasteiger partial charge in [-0.25, -0.2) is 0 Å². The minimum Gasteiger partial charge on any atom is -0.481 e. The van der Waals surface area contributed by atoms with E-state index in [0.717, 1.165) is 31.9 Å². The van der Waals surface area contributed by atoms with Gasteiger partial charge in [0.2, 0.25) is 0 Å². The molecule has 0 aliphatic carbocycles. The Morgan fingerprint density at radius 2 is 1.81 bits per heavy atom. The smallest absolute Gasteiger partial charge is 0.263 e. The minimum absolute atomic E-state index is 0.0588. The molecule has 0 spiro atoms. The number of amides is 1. The normalized spacial score (nSPS) is 15.7. The summed E-state index contributed by atoms with van der Waals surface area (Å²) >= 11 is 0. The van der Waals surface area contributed by atoms with Crippen LogP contribution in [0.15, 0.2) is 54.9 Å². The monoisotopic (exact) mass is 367 g/mol. The van der Waals surface area contributed by atoms with Crippen LogP contribution in [0.1, 0.15) is 26.3 Å². The molecule has 1 fully saturated rings. The number of hydrogen-bond acceptors (Lipinski definition) is 4. The Balaban J connectivity index is 1.54. The maximum atomic E-state index is 12.7. The molecule has 5 heteroatoms. The number of aromatic nitrogens is 1. The van der Waals surface area contributed by atoms with Crippen molar-refractivity contribution in [3.63, 3.8) is 0 Å². The molecule has 0 saturated carbocycles. The highest BCUT2D eigenvalue weighted by molar-refractivity contribution is 5.81. The van der Waals surface area contributed by atoms with E-state index in [1.54, 1.807) is 0 Å². The Morgan fingerprint density at radius 3 is 2.44 bits per heavy atom. The van der Waals surface area contributed by atoms with E-state index in [0.29, 0.717) is 12.0 Å². The third kappa shape index (κ3) is 5.30. The number of nitrogens with zero attached hydrogens (tertiary/aromatic N) is 3. The summed E-state index contributed by atoms with van der Waals surface area (Å²) in [6.07, 6.45) is 3.21. The van der Waals surface area contributed by atoms with Gasteiger partial charge in [0.1, 0.15) is 5.75 Å². The second kappa shape index (κ2) is 9.00. The topological polar surface area (TPSA) is 45.7 Å². The Morgan fingerprint density at radius 1 is 1.15 bits per heavy atom. The van der Waals surface area contributed by atoms with Crippen molar-refractivity contribution in [3.05, 3.63) is 60.4 Å². The van der Waals surface area contributed by atoms with Crippen molar-refractivity contribution < 1.29 is 9.53 Å². The third-order valence-corrected chi connectivity index (χ3v) is 4.83. The average Bonchev–Trinajstić information content (AvgIpc) is 2.61. The highest BCUT2D eigenvalue weighted by Crippen LogP contribution is 2.21. The summed E-state index contributed by atoms with van der Waals surface area (Å²) in [6, 6.07) is 14.0. The van der Waals surface area contributed by atoms with Crippen LogP contribution in [0.3, 0.4) is 0 Å². The molecule has 144 valence electrons. The molecule has 1 aliphatic heterocycles. The van der Waals surface area contributed by atoms with E-state index in [9.17, 15) is 4.79 Å². The van der Waals surface area contributed by atoms with E-state index in [-0.39, 0.29) is 5.91 Å². The van der Waals surface area contributed by atoms with Crippen molar-refractivity contribution in [2.45, 2.75) is 39.5 Å². The lowest BCUT2D eigenvalue weighted by Crippen LogP contribution is -2.63. The van der Waals surface area contributed by atoms with Crippen LogP contribution < -0.4 is 4.74 Å². The predicted octanol–water partition coefficient (Wildman–Crippen LogP) is 3.22. The minimum atomic E-state index is -0.466. The first-order chi connectivity index (χ1) is 13.0. The molecule has 0 bridgehead atoms. The molecular formula is C22H29N3O2. The molecule has 1 aromatic carbocycles. The van der Waals surface area contributed by atoms with E-state index < -0.39 is 6.10 Å². The molecule has 1 atom stereocenters. The number of likely N-dealkylation sites (tertiary alicyclic amines) is 1. The average molecular weight is 367 g/mol. The summed E-state index contributed by atoms with van der Waals surface area (Å²) in [6.45, 7) is 9.73. The molecule has 1 saturated heterocycles. The van der Waals surface area contributed by atoms with E-state index in [1.165, 1.54) is 5.56 Å². The highest BCUT2D eigenvalue weighted by Gasteiger charge is 2.37. The summed E-state index contributed by atoms with van der Waals surface area (Å²) in [5.41, 5.74) is 1.26. The SMILES string of the molecule is CC(C)CN(Cc1ccncc1)C1CN(C(=O)C(C)Oc2ccccc2)C1. The first kappa shape index (κ1) is 19.4. The van der Waals surface area contributed by atoms with Gasteiger partial charge in [0.15, 0.2) is 6.10 Å². The molecule has 1 amide bonds. The molecule has 27 heavy (non-hydrogen) atoms. The summed E-state index contributed by atoms with van der Waals surface area (Å²) in [4.78, 5) is 21.1. The van der Waals surface area contributed by atoms with Gasteiger partial charge in [-0.1, -0.05) is 32.0 Å². The number of benzene rings is 1. The van der Waals surface area contributed by atoms with Gasteiger partial charge in [-0.15, -0.1) is 0 Å². The van der Waals surface area contributed by atoms with Crippen LogP contribution in [0.5, 0.6) is 5.75 Å². The van der Waals surface area contributed by atoms with E-state index in [1.807, 2.05) is 54.5 Å². The Kier molecular flexibility index (Phi) is 6.45. The van der Waals surface area contributed by atoms with Crippen LogP contribution in [-0.4, -0.2) is 52.5 Å². The van der Waals surface area contributed by atoms with Gasteiger partial charge < -0.3 is 9.64 Å². The second-order valence-corrected chi connectivity index (χ2v) is 7.65. The van der Waals surface area contributed by atoms with Crippen molar-refractivity contribution >= 4 is 5.91 Å². The number of para-hydroxylation sites is 1. The van der Waals surface area contributed by atoms with Crippen molar-refractivity contribution in [1.29, 1.82) is 0 Å². The van der Waals surface area contributed by atoms with Gasteiger partial charge >= 0.3 is 0 Å². The maximum Gasteiger partial charge on any atom is 0.263 e. The Labute approximate surface area is 162 Å². The fourth-order valence-electron chi connectivity index (χ4n) is 3.41. The molecule has 1 unspecified atom stereocenters. The highest BCUT2D eigenvalue weighted by atomic mass is 16.5. The van der Waals surface area contributed by atoms with Gasteiger partial charge in [0.05, 0.1) is 0 Å². The number of ether oxygens (including phenoxy) is 1. The zero-order valence-corrected chi connectivity index (χ0v) is 16.4. The van der Waals surface area contributed by atoms with E-state index in [2.05, 4.69) is 35.9 Å². The van der Waals surface area contributed by atoms with E-state index >= 15 is 0 Å². The lowest BCUT2D eigenvalue weighted by molar-refractivity contribution is -0.145. The molecule has 2 heterocycles. The van der Waals surface area contributed by atoms with Crippen LogP contribution in [-0.2, 0) is 11.3 Å². The fourth-order valence-corrected chi connectivity index (χ4v) is 3.41. The zero-order valence-electron chi connectivity index (χ0n) is 16.4. The molecule has 1 aromatic heterocycles. The number of pyridine rings is 1. The molecule has 1 aliphatic rings. The van der Waals surface area contributed by atoms with Gasteiger partial charge in [-0.2, -0.15) is 0 Å². The number of carbonyl (C=O) groups is 1. The van der Waals surface area contributed by atoms with Crippen molar-refractivity contribution in [3.8, 4) is 5.75 Å². The lowest BCUT2D eigenvalue weighted by atomic mass is 10.0. The second-order valence-electron chi connectivity index (χ2n) is 7.65. The predicted molar refractivity (Wildman–Crippen MR) is 106 cm³/mol. The van der Waals surface area contributed by atoms with Crippen LogP contribution >= 0.6 is 0 Å². The van der Waals surface area contributed by atoms with Crippen LogP contribution in [0.4, 0.5) is 0 Å². The summed E-state index contributed by atoms with van der Waals surface area (Å²) < 4.78 is 5.78. The van der Waals surface area contributed by atoms with Crippen LogP contribution in [0, 0.1) is 5.92 Å². The number of rotatable bonds is 8. The first-order valence-corrected chi connectivity index (χ1v) is 9.66. The molecule has 0 N–H and O–H groups in total. The molecular weight excluding hydrogens is 338 g/mol. The van der Waals surface area contributed by atoms with Crippen LogP contribution in [0.2, 0.25) is 0 Å². The largest absolute Gasteiger partial charge is 0.481 e. The van der Waals surface area contributed by atoms with Crippen molar-refractivity contribution in [2.24, 2.45) is 5.92 Å². The lowest BCUT2D eigenvalue weighted by Gasteiger charge is -2.46. The van der Waals surface area contributed by atoms with Gasteiger partial charge in [-0.3, -0.25) is 14.7 Å². The van der Waals surface area contributed by atoms with Gasteiger partial charge in [0.25, 0.3) is 5.91 Å². The number of carbonyl (C=O) groups excluding carboxylic acids is 1. The third-order valence-electron chi connectivity index (χ3n) is 4.83. The molecule has 0 radical (unpaired) electrons. The summed E-state index contributed by atoms with van der Waals surface area (Å²) in [7, 11) is 0. The summed E-state index contributed by atoms with van der Waals surface area (Å²) in [5, 5.41) is 0. The standard InChI is InChI=1S/C22H29N3O2/c1-17(2)13-24(14-19-9-11-23-12-10-19)20-15-25(16-20)22(26)18(3)27-21-7-5-4-6-8-21/h4-12,17-18,20H,13-16H2,1-3H3. The first-order valence-electron chi connectivity index (χ1n) is 9.66. The van der Waals surface area contributed by atoms with Gasteiger partial charge in [-0.05, 0) is 42.7 Å². The van der Waals surface area contributed by atoms with E-state index in [4.69, 9.17) is 4.74 Å². The molecule has 5 nitrogen and oxygen atoms in total. The zero-order chi connectivity index (χ0) is 19.2. The van der Waals surface area contributed by atoms with Crippen LogP contribution in [0.25, 0.3) is 0 Å². The van der Waals surface area contributed by atoms with Gasteiger partial charge in [0, 0.05) is 44.6 Å². The molecule has 2 aromatic rings. The maximum absolute atomic E-state index is 12.7. The quantitative estimate of drug-likeness (QED) is 0.719. The number of hydrogen-bond donors (Lipinski definition) is 0.